The average molecular weight is 458 g/mol. The fourth-order valence-corrected chi connectivity index (χ4v) is 4.40. The molecular formula is C22H22N2O7S. The number of carbonyl (C=O) groups is 2. The number of ether oxygens (including phenoxy) is 5. The molecule has 0 fully saturated rings. The first-order valence-corrected chi connectivity index (χ1v) is 10.7. The number of nitrogens with zero attached hydrogens (tertiary/aromatic N) is 2. The molecule has 4 rings (SSSR count). The Morgan fingerprint density at radius 3 is 2.62 bits per heavy atom. The molecule has 2 heterocycles. The Hall–Kier alpha value is -3.53. The number of benzene rings is 2. The van der Waals surface area contributed by atoms with Crippen LogP contribution in [0.25, 0.3) is 10.2 Å². The normalized spacial score (nSPS) is 12.8. The molecule has 0 saturated heterocycles. The molecule has 9 nitrogen and oxygen atoms in total. The summed E-state index contributed by atoms with van der Waals surface area (Å²) in [4.78, 5) is 29.7. The van der Waals surface area contributed by atoms with Gasteiger partial charge in [-0.25, -0.2) is 0 Å². The van der Waals surface area contributed by atoms with Gasteiger partial charge in [-0.3, -0.25) is 9.59 Å². The van der Waals surface area contributed by atoms with Gasteiger partial charge in [0, 0.05) is 23.8 Å². The van der Waals surface area contributed by atoms with Gasteiger partial charge in [-0.15, -0.1) is 0 Å². The van der Waals surface area contributed by atoms with Crippen LogP contribution in [-0.2, 0) is 27.3 Å². The number of amides is 1. The summed E-state index contributed by atoms with van der Waals surface area (Å²) in [6.45, 7) is 2.06. The van der Waals surface area contributed by atoms with Crippen LogP contribution in [0.3, 0.4) is 0 Å². The van der Waals surface area contributed by atoms with Gasteiger partial charge in [-0.1, -0.05) is 17.4 Å². The molecule has 3 aromatic rings. The molecule has 32 heavy (non-hydrogen) atoms. The van der Waals surface area contributed by atoms with Crippen molar-refractivity contribution in [2.75, 3.05) is 27.6 Å². The second kappa shape index (κ2) is 9.31. The number of hydrogen-bond acceptors (Lipinski definition) is 8. The van der Waals surface area contributed by atoms with E-state index in [-0.39, 0.29) is 32.3 Å². The van der Waals surface area contributed by atoms with Gasteiger partial charge in [-0.05, 0) is 13.0 Å². The van der Waals surface area contributed by atoms with Gasteiger partial charge in [0.2, 0.25) is 6.79 Å². The van der Waals surface area contributed by atoms with Gasteiger partial charge in [0.15, 0.2) is 16.3 Å². The van der Waals surface area contributed by atoms with Crippen LogP contribution in [0.15, 0.2) is 35.3 Å². The Labute approximate surface area is 187 Å². The van der Waals surface area contributed by atoms with E-state index in [1.54, 1.807) is 42.9 Å². The molecular weight excluding hydrogens is 436 g/mol. The molecule has 0 bridgehead atoms. The Morgan fingerprint density at radius 2 is 1.91 bits per heavy atom. The lowest BCUT2D eigenvalue weighted by molar-refractivity contribution is -0.143. The summed E-state index contributed by atoms with van der Waals surface area (Å²) in [7, 11) is 3.09. The fourth-order valence-electron chi connectivity index (χ4n) is 3.34. The Bertz CT molecular complexity index is 1250. The Balaban J connectivity index is 1.72. The molecule has 168 valence electrons. The van der Waals surface area contributed by atoms with E-state index < -0.39 is 5.97 Å². The molecule has 1 aliphatic heterocycles. The van der Waals surface area contributed by atoms with Crippen LogP contribution in [-0.4, -0.2) is 44.1 Å². The lowest BCUT2D eigenvalue weighted by atomic mass is 10.1. The lowest BCUT2D eigenvalue weighted by Gasteiger charge is -2.09. The van der Waals surface area contributed by atoms with Crippen LogP contribution in [0.2, 0.25) is 0 Å². The molecule has 1 aliphatic rings. The number of rotatable bonds is 7. The van der Waals surface area contributed by atoms with Crippen molar-refractivity contribution < 1.29 is 33.3 Å². The van der Waals surface area contributed by atoms with E-state index in [4.69, 9.17) is 23.7 Å². The Kier molecular flexibility index (Phi) is 6.31. The predicted molar refractivity (Wildman–Crippen MR) is 116 cm³/mol. The van der Waals surface area contributed by atoms with E-state index in [0.29, 0.717) is 38.9 Å². The highest BCUT2D eigenvalue weighted by Crippen LogP contribution is 2.37. The van der Waals surface area contributed by atoms with Gasteiger partial charge in [0.25, 0.3) is 5.91 Å². The zero-order chi connectivity index (χ0) is 22.7. The summed E-state index contributed by atoms with van der Waals surface area (Å²) in [5.41, 5.74) is 1.39. The highest BCUT2D eigenvalue weighted by Gasteiger charge is 2.19. The summed E-state index contributed by atoms with van der Waals surface area (Å²) in [6.07, 6.45) is 0.0313. The summed E-state index contributed by atoms with van der Waals surface area (Å²) in [6, 6.07) is 8.84. The quantitative estimate of drug-likeness (QED) is 0.502. The zero-order valence-corrected chi connectivity index (χ0v) is 18.7. The van der Waals surface area contributed by atoms with E-state index in [1.807, 2.05) is 6.07 Å². The third kappa shape index (κ3) is 4.40. The second-order valence-electron chi connectivity index (χ2n) is 6.81. The summed E-state index contributed by atoms with van der Waals surface area (Å²) in [5.74, 6) is 1.56. The van der Waals surface area contributed by atoms with Crippen LogP contribution in [0.5, 0.6) is 23.0 Å². The highest BCUT2D eigenvalue weighted by atomic mass is 32.1. The lowest BCUT2D eigenvalue weighted by Crippen LogP contribution is -2.23. The van der Waals surface area contributed by atoms with Crippen molar-refractivity contribution in [2.45, 2.75) is 19.9 Å². The van der Waals surface area contributed by atoms with Gasteiger partial charge in [0.05, 0.1) is 37.5 Å². The summed E-state index contributed by atoms with van der Waals surface area (Å²) in [5, 5.41) is 0. The molecule has 10 heteroatoms. The van der Waals surface area contributed by atoms with Crippen molar-refractivity contribution in [3.05, 3.63) is 40.7 Å². The van der Waals surface area contributed by atoms with Crippen molar-refractivity contribution in [1.82, 2.24) is 4.57 Å². The maximum Gasteiger partial charge on any atom is 0.326 e. The molecule has 0 N–H and O–H groups in total. The number of methoxy groups -OCH3 is 2. The number of aromatic nitrogens is 1. The molecule has 0 spiro atoms. The molecule has 0 atom stereocenters. The van der Waals surface area contributed by atoms with Gasteiger partial charge >= 0.3 is 5.97 Å². The van der Waals surface area contributed by atoms with E-state index in [2.05, 4.69) is 4.99 Å². The maximum atomic E-state index is 12.8. The van der Waals surface area contributed by atoms with E-state index in [1.165, 1.54) is 18.4 Å². The third-order valence-electron chi connectivity index (χ3n) is 4.83. The smallest absolute Gasteiger partial charge is 0.326 e. The number of hydrogen-bond donors (Lipinski definition) is 0. The van der Waals surface area contributed by atoms with Crippen LogP contribution in [0.4, 0.5) is 0 Å². The predicted octanol–water partition coefficient (Wildman–Crippen LogP) is 2.68. The molecule has 0 aliphatic carbocycles. The van der Waals surface area contributed by atoms with Gasteiger partial charge in [0.1, 0.15) is 18.0 Å². The standard InChI is InChI=1S/C22H22N2O7S/c1-4-29-21(26)11-24-15-9-17-18(31-12-30-17)10-19(15)32-22(24)23-20(25)7-13-5-6-14(27-2)8-16(13)28-3/h5-6,8-10H,4,7,11-12H2,1-3H3. The van der Waals surface area contributed by atoms with E-state index in [9.17, 15) is 9.59 Å². The number of thiazole rings is 1. The van der Waals surface area contributed by atoms with Crippen LogP contribution in [0, 0.1) is 0 Å². The molecule has 0 unspecified atom stereocenters. The van der Waals surface area contributed by atoms with Crippen LogP contribution in [0.1, 0.15) is 12.5 Å². The minimum atomic E-state index is -0.421. The van der Waals surface area contributed by atoms with E-state index in [0.717, 1.165) is 4.70 Å². The first kappa shape index (κ1) is 21.7. The first-order chi connectivity index (χ1) is 15.5. The molecule has 0 saturated carbocycles. The average Bonchev–Trinajstić information content (AvgIpc) is 3.36. The second-order valence-corrected chi connectivity index (χ2v) is 7.82. The van der Waals surface area contributed by atoms with Gasteiger partial charge in [-0.2, -0.15) is 4.99 Å². The minimum Gasteiger partial charge on any atom is -0.497 e. The van der Waals surface area contributed by atoms with Crippen molar-refractivity contribution in [2.24, 2.45) is 4.99 Å². The minimum absolute atomic E-state index is 0.0313. The van der Waals surface area contributed by atoms with Crippen molar-refractivity contribution in [3.63, 3.8) is 0 Å². The largest absolute Gasteiger partial charge is 0.497 e. The maximum absolute atomic E-state index is 12.8. The van der Waals surface area contributed by atoms with Crippen molar-refractivity contribution in [3.8, 4) is 23.0 Å². The summed E-state index contributed by atoms with van der Waals surface area (Å²) >= 11 is 1.29. The topological polar surface area (TPSA) is 97.6 Å². The monoisotopic (exact) mass is 458 g/mol. The fraction of sp³-hybridized carbons (Fsp3) is 0.318. The van der Waals surface area contributed by atoms with Gasteiger partial charge < -0.3 is 28.3 Å². The number of fused-ring (bicyclic) bond motifs is 2. The number of carbonyl (C=O) groups excluding carboxylic acids is 2. The molecule has 1 amide bonds. The van der Waals surface area contributed by atoms with Crippen LogP contribution >= 0.6 is 11.3 Å². The zero-order valence-electron chi connectivity index (χ0n) is 17.9. The first-order valence-electron chi connectivity index (χ1n) is 9.89. The highest BCUT2D eigenvalue weighted by molar-refractivity contribution is 7.16. The van der Waals surface area contributed by atoms with Crippen LogP contribution < -0.4 is 23.7 Å². The van der Waals surface area contributed by atoms with E-state index >= 15 is 0 Å². The molecule has 1 aromatic heterocycles. The molecule has 0 radical (unpaired) electrons. The Morgan fingerprint density at radius 1 is 1.12 bits per heavy atom. The SMILES string of the molecule is CCOC(=O)Cn1c(=NC(=O)Cc2ccc(OC)cc2OC)sc2cc3c(cc21)OCO3. The number of esters is 1. The third-order valence-corrected chi connectivity index (χ3v) is 5.87. The summed E-state index contributed by atoms with van der Waals surface area (Å²) < 4.78 is 29.0. The molecule has 2 aromatic carbocycles. The van der Waals surface area contributed by atoms with Crippen molar-refractivity contribution in [1.29, 1.82) is 0 Å². The van der Waals surface area contributed by atoms with Crippen molar-refractivity contribution >= 4 is 33.4 Å².